The number of nitrogens with one attached hydrogen (secondary N) is 1. The Hall–Kier alpha value is -2.79. The highest BCUT2D eigenvalue weighted by molar-refractivity contribution is 7.89. The highest BCUT2D eigenvalue weighted by Crippen LogP contribution is 2.30. The van der Waals surface area contributed by atoms with Crippen molar-refractivity contribution in [3.8, 4) is 11.5 Å². The summed E-state index contributed by atoms with van der Waals surface area (Å²) in [6, 6.07) is 7.14. The van der Waals surface area contributed by atoms with Gasteiger partial charge in [-0.3, -0.25) is 4.79 Å². The summed E-state index contributed by atoms with van der Waals surface area (Å²) in [5, 5.41) is 0. The van der Waals surface area contributed by atoms with E-state index in [4.69, 9.17) is 4.74 Å². The molecule has 0 spiro atoms. The number of hydrogen-bond donors (Lipinski definition) is 1. The Morgan fingerprint density at radius 1 is 1.13 bits per heavy atom. The molecule has 31 heavy (non-hydrogen) atoms. The minimum Gasteiger partial charge on any atom is -0.490 e. The third-order valence-corrected chi connectivity index (χ3v) is 5.65. The van der Waals surface area contributed by atoms with Gasteiger partial charge in [0.05, 0.1) is 17.1 Å². The molecule has 7 nitrogen and oxygen atoms in total. The molecule has 2 rings (SSSR count). The summed E-state index contributed by atoms with van der Waals surface area (Å²) in [4.78, 5) is 13.7. The summed E-state index contributed by atoms with van der Waals surface area (Å²) >= 11 is 0. The van der Waals surface area contributed by atoms with Gasteiger partial charge in [-0.05, 0) is 42.8 Å². The zero-order chi connectivity index (χ0) is 23.2. The van der Waals surface area contributed by atoms with E-state index in [0.29, 0.717) is 5.56 Å². The van der Waals surface area contributed by atoms with Crippen LogP contribution in [-0.2, 0) is 16.6 Å². The van der Waals surface area contributed by atoms with Crippen LogP contribution in [0.3, 0.4) is 0 Å². The Morgan fingerprint density at radius 2 is 1.84 bits per heavy atom. The molecule has 0 atom stereocenters. The topological polar surface area (TPSA) is 84.9 Å². The van der Waals surface area contributed by atoms with Gasteiger partial charge in [0, 0.05) is 20.1 Å². The molecule has 2 aromatic carbocycles. The fourth-order valence-corrected chi connectivity index (χ4v) is 3.84. The molecule has 0 aliphatic rings. The maximum absolute atomic E-state index is 14.3. The number of carbonyl (C=O) groups is 1. The van der Waals surface area contributed by atoms with Crippen molar-refractivity contribution in [2.45, 2.75) is 31.9 Å². The van der Waals surface area contributed by atoms with E-state index in [-0.39, 0.29) is 36.1 Å². The van der Waals surface area contributed by atoms with Gasteiger partial charge in [0.15, 0.2) is 11.5 Å². The van der Waals surface area contributed by atoms with E-state index in [1.807, 2.05) is 0 Å². The van der Waals surface area contributed by atoms with Crippen molar-refractivity contribution in [2.75, 3.05) is 20.2 Å². The van der Waals surface area contributed by atoms with Crippen molar-refractivity contribution in [3.05, 3.63) is 53.3 Å². The van der Waals surface area contributed by atoms with Crippen molar-refractivity contribution in [2.24, 2.45) is 0 Å². The number of carbonyl (C=O) groups excluding carboxylic acids is 1. The molecule has 0 unspecified atom stereocenters. The van der Waals surface area contributed by atoms with Crippen LogP contribution in [0.15, 0.2) is 41.3 Å². The van der Waals surface area contributed by atoms with Crippen LogP contribution < -0.4 is 14.2 Å². The van der Waals surface area contributed by atoms with E-state index in [1.165, 1.54) is 30.1 Å². The Balaban J connectivity index is 2.27. The molecule has 2 aromatic rings. The minimum atomic E-state index is -3.87. The van der Waals surface area contributed by atoms with Gasteiger partial charge in [0.2, 0.25) is 10.0 Å². The summed E-state index contributed by atoms with van der Waals surface area (Å²) in [7, 11) is -2.47. The second-order valence-electron chi connectivity index (χ2n) is 6.40. The first-order valence-electron chi connectivity index (χ1n) is 9.34. The van der Waals surface area contributed by atoms with Crippen LogP contribution in [0.5, 0.6) is 11.5 Å². The van der Waals surface area contributed by atoms with Gasteiger partial charge >= 0.3 is 6.61 Å². The molecular formula is C20H23F3N2O5S. The number of ether oxygens (including phenoxy) is 2. The first-order chi connectivity index (χ1) is 14.6. The van der Waals surface area contributed by atoms with Crippen LogP contribution in [0.1, 0.15) is 29.8 Å². The van der Waals surface area contributed by atoms with Crippen LogP contribution in [0.4, 0.5) is 13.2 Å². The van der Waals surface area contributed by atoms with Gasteiger partial charge in [-0.25, -0.2) is 17.5 Å². The number of hydrogen-bond acceptors (Lipinski definition) is 5. The van der Waals surface area contributed by atoms with Gasteiger partial charge in [-0.1, -0.05) is 13.0 Å². The van der Waals surface area contributed by atoms with Crippen LogP contribution in [-0.4, -0.2) is 46.0 Å². The van der Waals surface area contributed by atoms with Crippen LogP contribution in [0, 0.1) is 5.82 Å². The van der Waals surface area contributed by atoms with Crippen LogP contribution in [0.2, 0.25) is 0 Å². The first kappa shape index (κ1) is 24.5. The molecule has 1 N–H and O–H groups in total. The lowest BCUT2D eigenvalue weighted by molar-refractivity contribution is -0.0514. The fraction of sp³-hybridized carbons (Fsp3) is 0.350. The highest BCUT2D eigenvalue weighted by Gasteiger charge is 2.22. The predicted molar refractivity (Wildman–Crippen MR) is 107 cm³/mol. The van der Waals surface area contributed by atoms with E-state index in [9.17, 15) is 26.4 Å². The molecule has 0 bridgehead atoms. The SMILES string of the molecule is CCNS(=O)(=O)c1ccc(F)c(C(=O)N(C)Cc2ccc(OC(F)F)c(OCC)c2)c1. The predicted octanol–water partition coefficient (Wildman–Crippen LogP) is 3.40. The van der Waals surface area contributed by atoms with E-state index < -0.39 is 33.9 Å². The van der Waals surface area contributed by atoms with Gasteiger partial charge in [0.25, 0.3) is 5.91 Å². The summed E-state index contributed by atoms with van der Waals surface area (Å²) in [6.07, 6.45) is 0. The molecule has 0 heterocycles. The van der Waals surface area contributed by atoms with Crippen LogP contribution in [0.25, 0.3) is 0 Å². The lowest BCUT2D eigenvalue weighted by Crippen LogP contribution is -2.28. The quantitative estimate of drug-likeness (QED) is 0.588. The molecule has 0 aliphatic heterocycles. The van der Waals surface area contributed by atoms with Gasteiger partial charge in [-0.15, -0.1) is 0 Å². The highest BCUT2D eigenvalue weighted by atomic mass is 32.2. The molecule has 0 saturated heterocycles. The third kappa shape index (κ3) is 6.34. The standard InChI is InChI=1S/C20H23F3N2O5S/c1-4-24-31(27,28)14-7-8-16(21)15(11-14)19(26)25(3)12-13-6-9-17(30-20(22)23)18(10-13)29-5-2/h6-11,20,24H,4-5,12H2,1-3H3. The number of nitrogens with zero attached hydrogens (tertiary/aromatic N) is 1. The Kier molecular flexibility index (Phi) is 8.28. The van der Waals surface area contributed by atoms with Crippen molar-refractivity contribution in [1.82, 2.24) is 9.62 Å². The number of benzene rings is 2. The lowest BCUT2D eigenvalue weighted by Gasteiger charge is -2.19. The van der Waals surface area contributed by atoms with Gasteiger partial charge < -0.3 is 14.4 Å². The van der Waals surface area contributed by atoms with Gasteiger partial charge in [0.1, 0.15) is 5.82 Å². The van der Waals surface area contributed by atoms with Gasteiger partial charge in [-0.2, -0.15) is 8.78 Å². The summed E-state index contributed by atoms with van der Waals surface area (Å²) < 4.78 is 75.6. The van der Waals surface area contributed by atoms with E-state index in [0.717, 1.165) is 18.2 Å². The smallest absolute Gasteiger partial charge is 0.387 e. The minimum absolute atomic E-state index is 0.0164. The zero-order valence-corrected chi connectivity index (χ0v) is 18.0. The summed E-state index contributed by atoms with van der Waals surface area (Å²) in [5.74, 6) is -1.70. The number of sulfonamides is 1. The Labute approximate surface area is 178 Å². The Bertz CT molecular complexity index is 1030. The molecule has 170 valence electrons. The normalized spacial score (nSPS) is 11.5. The molecular weight excluding hydrogens is 437 g/mol. The fourth-order valence-electron chi connectivity index (χ4n) is 2.77. The van der Waals surface area contributed by atoms with Crippen molar-refractivity contribution < 1.29 is 35.9 Å². The second kappa shape index (κ2) is 10.5. The largest absolute Gasteiger partial charge is 0.490 e. The average Bonchev–Trinajstić information content (AvgIpc) is 2.69. The van der Waals surface area contributed by atoms with Crippen molar-refractivity contribution >= 4 is 15.9 Å². The van der Waals surface area contributed by atoms with E-state index in [1.54, 1.807) is 13.8 Å². The molecule has 0 aliphatic carbocycles. The molecule has 0 aromatic heterocycles. The summed E-state index contributed by atoms with van der Waals surface area (Å²) in [6.45, 7) is 0.563. The Morgan fingerprint density at radius 3 is 2.45 bits per heavy atom. The molecule has 11 heteroatoms. The van der Waals surface area contributed by atoms with Crippen molar-refractivity contribution in [1.29, 1.82) is 0 Å². The van der Waals surface area contributed by atoms with Crippen LogP contribution >= 0.6 is 0 Å². The summed E-state index contributed by atoms with van der Waals surface area (Å²) in [5.41, 5.74) is 0.0990. The molecule has 0 radical (unpaired) electrons. The first-order valence-corrected chi connectivity index (χ1v) is 10.8. The van der Waals surface area contributed by atoms with E-state index in [2.05, 4.69) is 9.46 Å². The maximum Gasteiger partial charge on any atom is 0.387 e. The zero-order valence-electron chi connectivity index (χ0n) is 17.2. The molecule has 0 fully saturated rings. The number of amides is 1. The molecule has 1 amide bonds. The second-order valence-corrected chi connectivity index (χ2v) is 8.16. The monoisotopic (exact) mass is 460 g/mol. The maximum atomic E-state index is 14.3. The van der Waals surface area contributed by atoms with E-state index >= 15 is 0 Å². The van der Waals surface area contributed by atoms with Crippen molar-refractivity contribution in [3.63, 3.8) is 0 Å². The number of rotatable bonds is 10. The molecule has 0 saturated carbocycles. The number of halogens is 3. The average molecular weight is 460 g/mol. The lowest BCUT2D eigenvalue weighted by atomic mass is 10.1. The third-order valence-electron chi connectivity index (χ3n) is 4.10. The number of alkyl halides is 2.